The number of rotatable bonds is 8. The van der Waals surface area contributed by atoms with E-state index in [0.29, 0.717) is 12.8 Å². The molecule has 0 aliphatic carbocycles. The van der Waals surface area contributed by atoms with E-state index in [-0.39, 0.29) is 19.6 Å². The van der Waals surface area contributed by atoms with Gasteiger partial charge in [-0.2, -0.15) is 0 Å². The van der Waals surface area contributed by atoms with E-state index in [4.69, 9.17) is 14.9 Å². The lowest BCUT2D eigenvalue weighted by atomic mass is 10.1. The minimum absolute atomic E-state index is 0.00844. The molecule has 2 N–H and O–H groups in total. The van der Waals surface area contributed by atoms with Crippen molar-refractivity contribution in [2.24, 2.45) is 0 Å². The first-order valence-corrected chi connectivity index (χ1v) is 6.83. The first-order chi connectivity index (χ1) is 10.1. The highest BCUT2D eigenvalue weighted by Crippen LogP contribution is 2.10. The van der Waals surface area contributed by atoms with Crippen molar-refractivity contribution < 1.29 is 24.5 Å². The van der Waals surface area contributed by atoms with Crippen LogP contribution >= 0.6 is 0 Å². The van der Waals surface area contributed by atoms with Crippen LogP contribution in [0.3, 0.4) is 0 Å². The number of carboxylic acid groups (broad SMARTS) is 1. The fraction of sp³-hybridized carbons (Fsp3) is 0.467. The number of aliphatic carboxylic acids is 1. The number of aliphatic hydroxyl groups excluding tert-OH is 1. The van der Waals surface area contributed by atoms with Crippen molar-refractivity contribution in [2.75, 3.05) is 13.7 Å². The van der Waals surface area contributed by atoms with Gasteiger partial charge in [0, 0.05) is 13.7 Å². The van der Waals surface area contributed by atoms with Gasteiger partial charge in [0.25, 0.3) is 0 Å². The van der Waals surface area contributed by atoms with Crippen molar-refractivity contribution in [2.45, 2.75) is 31.9 Å². The topological polar surface area (TPSA) is 87.1 Å². The molecule has 0 spiro atoms. The van der Waals surface area contributed by atoms with E-state index >= 15 is 0 Å². The van der Waals surface area contributed by atoms with Gasteiger partial charge in [-0.1, -0.05) is 30.3 Å². The molecule has 0 heterocycles. The first-order valence-electron chi connectivity index (χ1n) is 6.83. The predicted octanol–water partition coefficient (Wildman–Crippen LogP) is 1.87. The summed E-state index contributed by atoms with van der Waals surface area (Å²) in [5, 5.41) is 17.9. The molecule has 116 valence electrons. The summed E-state index contributed by atoms with van der Waals surface area (Å²) in [5.74, 6) is -1.08. The van der Waals surface area contributed by atoms with Crippen LogP contribution in [0.25, 0.3) is 0 Å². The summed E-state index contributed by atoms with van der Waals surface area (Å²) in [6, 6.07) is 8.23. The zero-order chi connectivity index (χ0) is 15.7. The molecule has 0 aromatic heterocycles. The zero-order valence-corrected chi connectivity index (χ0v) is 12.1. The zero-order valence-electron chi connectivity index (χ0n) is 12.1. The molecule has 1 atom stereocenters. The van der Waals surface area contributed by atoms with Gasteiger partial charge in [0.15, 0.2) is 0 Å². The number of carboxylic acids is 1. The normalized spacial score (nSPS) is 11.7. The Morgan fingerprint density at radius 3 is 2.48 bits per heavy atom. The molecular formula is C15H21NO5. The molecule has 0 bridgehead atoms. The lowest BCUT2D eigenvalue weighted by molar-refractivity contribution is -0.142. The fourth-order valence-electron chi connectivity index (χ4n) is 1.88. The number of likely N-dealkylation sites (N-methyl/N-ethyl adjacent to an activating group) is 1. The molecule has 6 nitrogen and oxygen atoms in total. The molecule has 0 radical (unpaired) electrons. The molecule has 1 aromatic carbocycles. The van der Waals surface area contributed by atoms with E-state index in [2.05, 4.69) is 0 Å². The van der Waals surface area contributed by atoms with E-state index in [1.54, 1.807) is 0 Å². The van der Waals surface area contributed by atoms with Crippen molar-refractivity contribution in [3.05, 3.63) is 35.9 Å². The average molecular weight is 295 g/mol. The second kappa shape index (κ2) is 8.97. The Balaban J connectivity index is 2.51. The lowest BCUT2D eigenvalue weighted by Crippen LogP contribution is -2.42. The minimum Gasteiger partial charge on any atom is -0.480 e. The van der Waals surface area contributed by atoms with Crippen LogP contribution in [0.5, 0.6) is 0 Å². The Kier molecular flexibility index (Phi) is 7.25. The molecular weight excluding hydrogens is 274 g/mol. The van der Waals surface area contributed by atoms with Crippen LogP contribution in [-0.2, 0) is 16.1 Å². The molecule has 21 heavy (non-hydrogen) atoms. The van der Waals surface area contributed by atoms with E-state index in [0.717, 1.165) is 10.5 Å². The second-order valence-corrected chi connectivity index (χ2v) is 4.72. The second-order valence-electron chi connectivity index (χ2n) is 4.72. The number of ether oxygens (including phenoxy) is 1. The highest BCUT2D eigenvalue weighted by molar-refractivity contribution is 5.79. The van der Waals surface area contributed by atoms with Gasteiger partial charge < -0.3 is 14.9 Å². The molecule has 0 saturated heterocycles. The first kappa shape index (κ1) is 17.0. The number of amides is 1. The molecule has 1 amide bonds. The van der Waals surface area contributed by atoms with Crippen LogP contribution < -0.4 is 0 Å². The summed E-state index contributed by atoms with van der Waals surface area (Å²) in [7, 11) is 1.41. The summed E-state index contributed by atoms with van der Waals surface area (Å²) in [6.45, 7) is 0.113. The third-order valence-corrected chi connectivity index (χ3v) is 3.13. The maximum atomic E-state index is 11.9. The van der Waals surface area contributed by atoms with Gasteiger partial charge in [-0.15, -0.1) is 0 Å². The molecule has 1 rings (SSSR count). The molecule has 0 aliphatic rings. The molecule has 0 saturated carbocycles. The van der Waals surface area contributed by atoms with Gasteiger partial charge in [0.1, 0.15) is 12.6 Å². The molecule has 6 heteroatoms. The van der Waals surface area contributed by atoms with Crippen LogP contribution in [0.15, 0.2) is 30.3 Å². The van der Waals surface area contributed by atoms with Gasteiger partial charge in [0.05, 0.1) is 0 Å². The monoisotopic (exact) mass is 295 g/mol. The fourth-order valence-corrected chi connectivity index (χ4v) is 1.88. The minimum atomic E-state index is -1.08. The third-order valence-electron chi connectivity index (χ3n) is 3.13. The van der Waals surface area contributed by atoms with Crippen LogP contribution in [0.4, 0.5) is 4.79 Å². The van der Waals surface area contributed by atoms with E-state index in [1.807, 2.05) is 30.3 Å². The van der Waals surface area contributed by atoms with E-state index in [9.17, 15) is 9.59 Å². The maximum absolute atomic E-state index is 11.9. The summed E-state index contributed by atoms with van der Waals surface area (Å²) in [5.41, 5.74) is 0.839. The number of carbonyl (C=O) groups excluding carboxylic acids is 1. The van der Waals surface area contributed by atoms with Gasteiger partial charge in [0.2, 0.25) is 0 Å². The smallest absolute Gasteiger partial charge is 0.410 e. The Morgan fingerprint density at radius 1 is 1.24 bits per heavy atom. The number of benzene rings is 1. The van der Waals surface area contributed by atoms with E-state index < -0.39 is 18.1 Å². The van der Waals surface area contributed by atoms with Gasteiger partial charge >= 0.3 is 12.1 Å². The highest BCUT2D eigenvalue weighted by atomic mass is 16.6. The Hall–Kier alpha value is -2.08. The molecule has 0 unspecified atom stereocenters. The maximum Gasteiger partial charge on any atom is 0.410 e. The van der Waals surface area contributed by atoms with Crippen LogP contribution in [0.1, 0.15) is 24.8 Å². The summed E-state index contributed by atoms with van der Waals surface area (Å²) in [6.07, 6.45) is 0.656. The molecule has 0 fully saturated rings. The number of unbranched alkanes of at least 4 members (excludes halogenated alkanes) is 1. The van der Waals surface area contributed by atoms with Crippen molar-refractivity contribution in [3.8, 4) is 0 Å². The Bertz CT molecular complexity index is 449. The van der Waals surface area contributed by atoms with E-state index in [1.165, 1.54) is 7.05 Å². The molecule has 1 aromatic rings. The van der Waals surface area contributed by atoms with Crippen molar-refractivity contribution in [1.82, 2.24) is 4.90 Å². The number of hydrogen-bond donors (Lipinski definition) is 2. The summed E-state index contributed by atoms with van der Waals surface area (Å²) >= 11 is 0. The summed E-state index contributed by atoms with van der Waals surface area (Å²) in [4.78, 5) is 24.2. The number of aliphatic hydroxyl groups is 1. The number of nitrogens with zero attached hydrogens (tertiary/aromatic N) is 1. The number of hydrogen-bond acceptors (Lipinski definition) is 4. The lowest BCUT2D eigenvalue weighted by Gasteiger charge is -2.24. The van der Waals surface area contributed by atoms with Crippen LogP contribution in [-0.4, -0.2) is 46.9 Å². The average Bonchev–Trinajstić information content (AvgIpc) is 2.49. The van der Waals surface area contributed by atoms with Crippen molar-refractivity contribution in [3.63, 3.8) is 0 Å². The third kappa shape index (κ3) is 5.83. The van der Waals surface area contributed by atoms with Crippen molar-refractivity contribution >= 4 is 12.1 Å². The standard InChI is InChI=1S/C15H21NO5/c1-16(13(14(18)19)9-5-6-10-17)15(20)21-11-12-7-3-2-4-8-12/h2-4,7-8,13,17H,5-6,9-11H2,1H3,(H,18,19)/t13-/m0/s1. The van der Waals surface area contributed by atoms with Gasteiger partial charge in [-0.3, -0.25) is 4.90 Å². The predicted molar refractivity (Wildman–Crippen MR) is 76.8 cm³/mol. The Morgan fingerprint density at radius 2 is 1.90 bits per heavy atom. The van der Waals surface area contributed by atoms with Crippen LogP contribution in [0, 0.1) is 0 Å². The Labute approximate surface area is 124 Å². The molecule has 0 aliphatic heterocycles. The SMILES string of the molecule is CN(C(=O)OCc1ccccc1)[C@@H](CCCCO)C(=O)O. The van der Waals surface area contributed by atoms with Crippen LogP contribution in [0.2, 0.25) is 0 Å². The highest BCUT2D eigenvalue weighted by Gasteiger charge is 2.27. The quantitative estimate of drug-likeness (QED) is 0.715. The summed E-state index contributed by atoms with van der Waals surface area (Å²) < 4.78 is 5.10. The van der Waals surface area contributed by atoms with Crippen molar-refractivity contribution in [1.29, 1.82) is 0 Å². The largest absolute Gasteiger partial charge is 0.480 e. The van der Waals surface area contributed by atoms with Gasteiger partial charge in [-0.25, -0.2) is 9.59 Å². The van der Waals surface area contributed by atoms with Gasteiger partial charge in [-0.05, 0) is 24.8 Å². The number of carbonyl (C=O) groups is 2.